The first kappa shape index (κ1) is 73.8. The summed E-state index contributed by atoms with van der Waals surface area (Å²) in [6.45, 7) is 10.2. The number of nitrogens with two attached hydrogens (primary N) is 4. The maximum atomic E-state index is 14.9. The summed E-state index contributed by atoms with van der Waals surface area (Å²) in [6, 6.07) is 10.9. The molecule has 0 saturated carbocycles. The highest BCUT2D eigenvalue weighted by atomic mass is 16.2. The molecular formula is C68H100N14O9. The van der Waals surface area contributed by atoms with Crippen molar-refractivity contribution >= 4 is 74.5 Å². The standard InChI is InChI=1S/C68H100N14O9/c1-8-19-54(71)68(91)74-28-17-14-21-46(31-44(6)83)65(88)78-58(34-50-40-76-56-26-12-10-24-53(50)56)61(85)35-47(20-13-16-27-69)67(90)79-63(43(4)5)62(86)36-48(22-15-18-29-82-41-51(80-81-82)37-59(73-7)64(72)87)66(89)77-57(30-42(2)3)60(84)33-45(38-70)32-49-39-75-55-25-11-9-23-52(49)55/h1,9-12,23-26,39-43,45-48,54,57-59,63,73,75-76H,13-22,27-38,69-71H2,2-7H3,(H2,72,87)(H,74,91)(H,77,89)(H,78,88)(H,79,90). The molecule has 9 atom stereocenters. The Hall–Kier alpha value is -7.91. The van der Waals surface area contributed by atoms with Crippen LogP contribution in [-0.2, 0) is 69.0 Å². The summed E-state index contributed by atoms with van der Waals surface area (Å²) in [5, 5.41) is 25.0. The number of H-pyrrole nitrogens is 2. The lowest BCUT2D eigenvalue weighted by atomic mass is 9.86. The van der Waals surface area contributed by atoms with Crippen molar-refractivity contribution in [2.45, 2.75) is 187 Å². The van der Waals surface area contributed by atoms with E-state index < -0.39 is 89.1 Å². The van der Waals surface area contributed by atoms with Gasteiger partial charge in [0.25, 0.3) is 0 Å². The lowest BCUT2D eigenvalue weighted by Crippen LogP contribution is -2.50. The van der Waals surface area contributed by atoms with Crippen LogP contribution in [0.15, 0.2) is 67.1 Å². The molecule has 0 spiro atoms. The second-order valence-corrected chi connectivity index (χ2v) is 25.2. The number of primary amides is 1. The summed E-state index contributed by atoms with van der Waals surface area (Å²) in [6.07, 6.45) is 15.2. The van der Waals surface area contributed by atoms with Gasteiger partial charge in [0, 0.05) is 116 Å². The third-order valence-electron chi connectivity index (χ3n) is 16.9. The van der Waals surface area contributed by atoms with Crippen molar-refractivity contribution < 1.29 is 43.2 Å². The quantitative estimate of drug-likeness (QED) is 0.0186. The number of hydrogen-bond acceptors (Lipinski definition) is 15. The number of ketones is 4. The van der Waals surface area contributed by atoms with Crippen LogP contribution >= 0.6 is 0 Å². The maximum Gasteiger partial charge on any atom is 0.237 e. The minimum Gasteiger partial charge on any atom is -0.368 e. The van der Waals surface area contributed by atoms with E-state index in [1.807, 2.05) is 68.6 Å². The fourth-order valence-corrected chi connectivity index (χ4v) is 11.7. The molecule has 3 aromatic heterocycles. The number of carbonyl (C=O) groups excluding carboxylic acids is 9. The first-order valence-corrected chi connectivity index (χ1v) is 32.4. The number of aromatic nitrogens is 5. The molecule has 5 amide bonds. The van der Waals surface area contributed by atoms with Gasteiger partial charge in [-0.3, -0.25) is 43.0 Å². The van der Waals surface area contributed by atoms with Crippen molar-refractivity contribution in [3.8, 4) is 12.3 Å². The molecule has 3 heterocycles. The van der Waals surface area contributed by atoms with Gasteiger partial charge in [-0.25, -0.2) is 0 Å². The molecule has 23 nitrogen and oxygen atoms in total. The number of amides is 5. The first-order chi connectivity index (χ1) is 43.5. The molecule has 0 saturated heterocycles. The van der Waals surface area contributed by atoms with Crippen LogP contribution in [0, 0.1) is 47.9 Å². The molecule has 0 fully saturated rings. The second-order valence-electron chi connectivity index (χ2n) is 25.2. The summed E-state index contributed by atoms with van der Waals surface area (Å²) in [4.78, 5) is 132. The van der Waals surface area contributed by atoms with Gasteiger partial charge in [0.05, 0.1) is 35.9 Å². The number of nitrogens with zero attached hydrogens (tertiary/aromatic N) is 3. The summed E-state index contributed by atoms with van der Waals surface area (Å²) in [5.41, 5.74) is 27.8. The second kappa shape index (κ2) is 38.1. The number of nitrogens with one attached hydrogen (secondary N) is 7. The average molecular weight is 1260 g/mol. The minimum absolute atomic E-state index is 0.0151. The number of rotatable bonds is 45. The SMILES string of the molecule is C#CCC(N)C(=O)NCCCCC(CC(C)=O)C(=O)NC(Cc1c[nH]c2ccccc12)C(=O)CC(CCCCN)C(=O)NC(C(=O)CC(CCCCn1cc(CC(NC)C(N)=O)nn1)C(=O)NC(CC(C)C)C(=O)CC(CN)Cc1c[nH]c2ccccc12)C(C)C. The Morgan fingerprint density at radius 2 is 1.20 bits per heavy atom. The van der Waals surface area contributed by atoms with Crippen molar-refractivity contribution in [2.24, 2.45) is 58.4 Å². The Morgan fingerprint density at radius 3 is 1.76 bits per heavy atom. The number of Topliss-reactive ketones (excluding diaryl/α,β-unsaturated/α-hetero) is 4. The smallest absolute Gasteiger partial charge is 0.237 e. The molecule has 23 heteroatoms. The van der Waals surface area contributed by atoms with Gasteiger partial charge in [0.15, 0.2) is 17.3 Å². The van der Waals surface area contributed by atoms with Crippen molar-refractivity contribution in [3.63, 3.8) is 0 Å². The van der Waals surface area contributed by atoms with Gasteiger partial charge in [-0.15, -0.1) is 17.4 Å². The van der Waals surface area contributed by atoms with Gasteiger partial charge in [-0.2, -0.15) is 0 Å². The summed E-state index contributed by atoms with van der Waals surface area (Å²) in [5.74, 6) is -4.64. The van der Waals surface area contributed by atoms with E-state index in [1.165, 1.54) is 6.92 Å². The van der Waals surface area contributed by atoms with Gasteiger partial charge in [-0.1, -0.05) is 88.6 Å². The number of hydrogen-bond donors (Lipinski definition) is 11. The Morgan fingerprint density at radius 1 is 0.648 bits per heavy atom. The molecular weight excluding hydrogens is 1160 g/mol. The number of unbranched alkanes of at least 4 members (excludes halogenated alkanes) is 3. The predicted octanol–water partition coefficient (Wildman–Crippen LogP) is 4.72. The molecule has 496 valence electrons. The Bertz CT molecular complexity index is 3230. The molecule has 0 aliphatic heterocycles. The molecule has 5 rings (SSSR count). The number of para-hydroxylation sites is 2. The molecule has 9 unspecified atom stereocenters. The van der Waals surface area contributed by atoms with Crippen LogP contribution < -0.4 is 49.5 Å². The highest BCUT2D eigenvalue weighted by molar-refractivity contribution is 5.97. The molecule has 0 radical (unpaired) electrons. The van der Waals surface area contributed by atoms with Crippen molar-refractivity contribution in [1.29, 1.82) is 0 Å². The average Bonchev–Trinajstić information content (AvgIpc) is 2.46. The number of benzene rings is 2. The van der Waals surface area contributed by atoms with E-state index in [9.17, 15) is 43.2 Å². The van der Waals surface area contributed by atoms with E-state index in [0.717, 1.165) is 32.9 Å². The van der Waals surface area contributed by atoms with E-state index >= 15 is 0 Å². The van der Waals surface area contributed by atoms with Gasteiger partial charge in [0.1, 0.15) is 5.78 Å². The zero-order valence-electron chi connectivity index (χ0n) is 54.2. The van der Waals surface area contributed by atoms with Crippen LogP contribution in [-0.4, -0.2) is 135 Å². The van der Waals surface area contributed by atoms with Crippen molar-refractivity contribution in [3.05, 3.63) is 83.9 Å². The van der Waals surface area contributed by atoms with Crippen molar-refractivity contribution in [2.75, 3.05) is 26.7 Å². The van der Waals surface area contributed by atoms with Gasteiger partial charge in [0.2, 0.25) is 29.5 Å². The first-order valence-electron chi connectivity index (χ1n) is 32.4. The normalized spacial score (nSPS) is 14.6. The van der Waals surface area contributed by atoms with Crippen LogP contribution in [0.5, 0.6) is 0 Å². The Balaban J connectivity index is 1.37. The number of aromatic amines is 2. The van der Waals surface area contributed by atoms with Crippen LogP contribution in [0.4, 0.5) is 0 Å². The zero-order valence-corrected chi connectivity index (χ0v) is 54.2. The highest BCUT2D eigenvalue weighted by Gasteiger charge is 2.36. The lowest BCUT2D eigenvalue weighted by Gasteiger charge is -2.28. The fraction of sp³-hybridized carbons (Fsp3) is 0.574. The Kier molecular flexibility index (Phi) is 30.9. The fourth-order valence-electron chi connectivity index (χ4n) is 11.7. The molecule has 0 aliphatic carbocycles. The largest absolute Gasteiger partial charge is 0.368 e. The number of carbonyl (C=O) groups is 9. The minimum atomic E-state index is -1.13. The molecule has 2 aromatic carbocycles. The van der Waals surface area contributed by atoms with Crippen molar-refractivity contribution in [1.82, 2.24) is 51.5 Å². The molecule has 91 heavy (non-hydrogen) atoms. The summed E-state index contributed by atoms with van der Waals surface area (Å²) < 4.78 is 1.64. The maximum absolute atomic E-state index is 14.9. The number of aryl methyl sites for hydroxylation is 1. The van der Waals surface area contributed by atoms with Crippen LogP contribution in [0.25, 0.3) is 21.8 Å². The summed E-state index contributed by atoms with van der Waals surface area (Å²) in [7, 11) is 1.63. The van der Waals surface area contributed by atoms with E-state index in [-0.39, 0.29) is 107 Å². The predicted molar refractivity (Wildman–Crippen MR) is 352 cm³/mol. The monoisotopic (exact) mass is 1260 g/mol. The Labute approximate surface area is 535 Å². The third-order valence-corrected chi connectivity index (χ3v) is 16.9. The molecule has 0 bridgehead atoms. The third kappa shape index (κ3) is 24.0. The topological polar surface area (TPSA) is 380 Å². The number of terminal acetylenes is 1. The molecule has 0 aliphatic rings. The van der Waals surface area contributed by atoms with Gasteiger partial charge < -0.3 is 64.3 Å². The molecule has 5 aromatic rings. The molecule has 15 N–H and O–H groups in total. The van der Waals surface area contributed by atoms with E-state index in [4.69, 9.17) is 29.4 Å². The number of likely N-dealkylation sites (N-methyl/N-ethyl adjacent to an activating group) is 1. The highest BCUT2D eigenvalue weighted by Crippen LogP contribution is 2.27. The lowest BCUT2D eigenvalue weighted by molar-refractivity contribution is -0.136. The van der Waals surface area contributed by atoms with E-state index in [1.54, 1.807) is 38.0 Å². The number of fused-ring (bicyclic) bond motifs is 2. The van der Waals surface area contributed by atoms with Crippen LogP contribution in [0.1, 0.15) is 148 Å². The van der Waals surface area contributed by atoms with Crippen LogP contribution in [0.2, 0.25) is 0 Å². The summed E-state index contributed by atoms with van der Waals surface area (Å²) >= 11 is 0. The van der Waals surface area contributed by atoms with Gasteiger partial charge in [-0.05, 0) is 119 Å². The van der Waals surface area contributed by atoms with Crippen LogP contribution in [0.3, 0.4) is 0 Å². The van der Waals surface area contributed by atoms with Gasteiger partial charge >= 0.3 is 0 Å². The van der Waals surface area contributed by atoms with E-state index in [2.05, 4.69) is 52.8 Å². The zero-order chi connectivity index (χ0) is 66.6. The van der Waals surface area contributed by atoms with E-state index in [0.29, 0.717) is 70.2 Å².